The second-order valence-electron chi connectivity index (χ2n) is 8.42. The number of fused-ring (bicyclic) bond motifs is 3. The standard InChI is InChI=1S/C27H26NO/c1-27(2)26(29-4)24(25(28(27)3)18-12-6-5-7-13-18)23-21-16-10-8-14-19(21)20-15-9-11-17-22(20)23/h5-17,26H,1-4H3/q+1. The number of rotatable bonds is 2. The van der Waals surface area contributed by atoms with E-state index in [-0.39, 0.29) is 11.6 Å². The van der Waals surface area contributed by atoms with Crippen molar-refractivity contribution in [1.29, 1.82) is 0 Å². The van der Waals surface area contributed by atoms with Gasteiger partial charge in [-0.05, 0) is 34.4 Å². The topological polar surface area (TPSA) is 12.2 Å². The summed E-state index contributed by atoms with van der Waals surface area (Å²) >= 11 is 0. The molecule has 29 heavy (non-hydrogen) atoms. The summed E-state index contributed by atoms with van der Waals surface area (Å²) in [7, 11) is 4.02. The molecule has 0 saturated heterocycles. The van der Waals surface area contributed by atoms with Crippen molar-refractivity contribution < 1.29 is 9.31 Å². The first-order chi connectivity index (χ1) is 14.1. The van der Waals surface area contributed by atoms with E-state index < -0.39 is 0 Å². The van der Waals surface area contributed by atoms with Crippen LogP contribution < -0.4 is 0 Å². The van der Waals surface area contributed by atoms with E-state index in [2.05, 4.69) is 104 Å². The van der Waals surface area contributed by atoms with E-state index >= 15 is 0 Å². The summed E-state index contributed by atoms with van der Waals surface area (Å²) in [6.45, 7) is 4.54. The Balaban J connectivity index is 1.91. The number of methoxy groups -OCH3 is 1. The number of likely N-dealkylation sites (N-methyl/N-ethyl adjacent to an activating group) is 1. The number of hydrogen-bond acceptors (Lipinski definition) is 1. The Morgan fingerprint density at radius 1 is 0.724 bits per heavy atom. The highest BCUT2D eigenvalue weighted by molar-refractivity contribution is 6.20. The minimum Gasteiger partial charge on any atom is -0.369 e. The average molecular weight is 381 g/mol. The minimum atomic E-state index is -0.158. The molecule has 144 valence electrons. The average Bonchev–Trinajstić information content (AvgIpc) is 3.17. The van der Waals surface area contributed by atoms with Crippen LogP contribution >= 0.6 is 0 Å². The van der Waals surface area contributed by atoms with Gasteiger partial charge in [0.25, 0.3) is 0 Å². The first-order valence-electron chi connectivity index (χ1n) is 10.2. The molecule has 1 aliphatic carbocycles. The molecule has 0 radical (unpaired) electrons. The highest BCUT2D eigenvalue weighted by Gasteiger charge is 2.53. The minimum absolute atomic E-state index is 0.0306. The maximum absolute atomic E-state index is 6.18. The van der Waals surface area contributed by atoms with Crippen LogP contribution in [0.5, 0.6) is 0 Å². The van der Waals surface area contributed by atoms with Gasteiger partial charge in [0.15, 0.2) is 11.6 Å². The van der Waals surface area contributed by atoms with Gasteiger partial charge in [0.1, 0.15) is 7.05 Å². The first-order valence-corrected chi connectivity index (χ1v) is 10.2. The molecule has 1 unspecified atom stereocenters. The Morgan fingerprint density at radius 3 is 1.72 bits per heavy atom. The summed E-state index contributed by atoms with van der Waals surface area (Å²) in [5.41, 5.74) is 10.1. The molecule has 1 aliphatic heterocycles. The van der Waals surface area contributed by atoms with Crippen LogP contribution in [0.25, 0.3) is 16.7 Å². The summed E-state index contributed by atoms with van der Waals surface area (Å²) in [4.78, 5) is 0. The quantitative estimate of drug-likeness (QED) is 0.424. The van der Waals surface area contributed by atoms with Gasteiger partial charge in [-0.25, -0.2) is 4.58 Å². The van der Waals surface area contributed by atoms with Crippen molar-refractivity contribution in [3.8, 4) is 11.1 Å². The summed E-state index contributed by atoms with van der Waals surface area (Å²) in [5, 5.41) is 0. The van der Waals surface area contributed by atoms with Crippen molar-refractivity contribution >= 4 is 11.3 Å². The fourth-order valence-electron chi connectivity index (χ4n) is 5.03. The third-order valence-corrected chi connectivity index (χ3v) is 6.59. The number of hydrogen-bond donors (Lipinski definition) is 0. The summed E-state index contributed by atoms with van der Waals surface area (Å²) in [5.74, 6) is 0. The summed E-state index contributed by atoms with van der Waals surface area (Å²) in [6.07, 6.45) is -0.0306. The van der Waals surface area contributed by atoms with E-state index in [1.54, 1.807) is 0 Å². The molecular weight excluding hydrogens is 354 g/mol. The SMILES string of the molecule is COC1C(=C2c3ccccc3-c3ccccc32)C(c2ccccc2)=[N+](C)C1(C)C. The number of ether oxygens (including phenoxy) is 1. The van der Waals surface area contributed by atoms with Gasteiger partial charge in [-0.15, -0.1) is 0 Å². The Hall–Kier alpha value is -2.97. The summed E-state index contributed by atoms with van der Waals surface area (Å²) < 4.78 is 8.57. The second kappa shape index (κ2) is 6.53. The Bertz CT molecular complexity index is 1120. The van der Waals surface area contributed by atoms with Crippen molar-refractivity contribution in [3.05, 3.63) is 101 Å². The predicted octanol–water partition coefficient (Wildman–Crippen LogP) is 5.41. The molecule has 0 fully saturated rings. The first kappa shape index (κ1) is 18.1. The molecule has 0 amide bonds. The molecule has 0 aromatic heterocycles. The Kier molecular flexibility index (Phi) is 4.07. The van der Waals surface area contributed by atoms with Crippen LogP contribution in [0.2, 0.25) is 0 Å². The van der Waals surface area contributed by atoms with E-state index in [1.165, 1.54) is 44.7 Å². The lowest BCUT2D eigenvalue weighted by atomic mass is 9.85. The molecule has 2 heteroatoms. The molecule has 3 aromatic carbocycles. The lowest BCUT2D eigenvalue weighted by molar-refractivity contribution is -0.575. The lowest BCUT2D eigenvalue weighted by Crippen LogP contribution is -2.41. The molecule has 1 atom stereocenters. The largest absolute Gasteiger partial charge is 0.369 e. The third-order valence-electron chi connectivity index (χ3n) is 6.59. The van der Waals surface area contributed by atoms with Gasteiger partial charge in [-0.2, -0.15) is 0 Å². The van der Waals surface area contributed by atoms with Gasteiger partial charge in [0.2, 0.25) is 5.71 Å². The van der Waals surface area contributed by atoms with Crippen LogP contribution in [0, 0.1) is 0 Å². The second-order valence-corrected chi connectivity index (χ2v) is 8.42. The molecule has 3 aromatic rings. The van der Waals surface area contributed by atoms with Crippen LogP contribution in [0.1, 0.15) is 30.5 Å². The van der Waals surface area contributed by atoms with Crippen LogP contribution in [0.4, 0.5) is 0 Å². The highest BCUT2D eigenvalue weighted by Crippen LogP contribution is 2.49. The lowest BCUT2D eigenvalue weighted by Gasteiger charge is -2.23. The molecule has 0 bridgehead atoms. The van der Waals surface area contributed by atoms with Crippen molar-refractivity contribution in [2.75, 3.05) is 14.2 Å². The van der Waals surface area contributed by atoms with Gasteiger partial charge >= 0.3 is 0 Å². The molecular formula is C27H26NO+. The van der Waals surface area contributed by atoms with Gasteiger partial charge in [0, 0.05) is 32.1 Å². The Morgan fingerprint density at radius 2 is 1.21 bits per heavy atom. The maximum Gasteiger partial charge on any atom is 0.214 e. The van der Waals surface area contributed by atoms with Gasteiger partial charge in [-0.1, -0.05) is 66.7 Å². The maximum atomic E-state index is 6.18. The number of benzene rings is 3. The van der Waals surface area contributed by atoms with Crippen LogP contribution in [0.15, 0.2) is 84.4 Å². The van der Waals surface area contributed by atoms with Crippen LogP contribution in [-0.2, 0) is 4.74 Å². The van der Waals surface area contributed by atoms with Crippen molar-refractivity contribution in [1.82, 2.24) is 0 Å². The number of nitrogens with zero attached hydrogens (tertiary/aromatic N) is 1. The van der Waals surface area contributed by atoms with E-state index in [0.717, 1.165) is 0 Å². The molecule has 2 aliphatic rings. The molecule has 5 rings (SSSR count). The van der Waals surface area contributed by atoms with E-state index in [0.29, 0.717) is 0 Å². The predicted molar refractivity (Wildman–Crippen MR) is 120 cm³/mol. The fourth-order valence-corrected chi connectivity index (χ4v) is 5.03. The zero-order valence-corrected chi connectivity index (χ0v) is 17.4. The van der Waals surface area contributed by atoms with Crippen molar-refractivity contribution in [3.63, 3.8) is 0 Å². The molecule has 1 heterocycles. The molecule has 0 saturated carbocycles. The third kappa shape index (κ3) is 2.49. The van der Waals surface area contributed by atoms with Crippen molar-refractivity contribution in [2.24, 2.45) is 0 Å². The molecule has 0 spiro atoms. The van der Waals surface area contributed by atoms with Crippen LogP contribution in [-0.4, -0.2) is 36.1 Å². The normalized spacial score (nSPS) is 19.5. The van der Waals surface area contributed by atoms with Crippen LogP contribution in [0.3, 0.4) is 0 Å². The molecule has 0 N–H and O–H groups in total. The van der Waals surface area contributed by atoms with E-state index in [1.807, 2.05) is 7.11 Å². The van der Waals surface area contributed by atoms with Crippen molar-refractivity contribution in [2.45, 2.75) is 25.5 Å². The van der Waals surface area contributed by atoms with E-state index in [4.69, 9.17) is 4.74 Å². The highest BCUT2D eigenvalue weighted by atomic mass is 16.5. The van der Waals surface area contributed by atoms with Gasteiger partial charge < -0.3 is 4.74 Å². The monoisotopic (exact) mass is 380 g/mol. The smallest absolute Gasteiger partial charge is 0.214 e. The Labute approximate surface area is 172 Å². The fraction of sp³-hybridized carbons (Fsp3) is 0.222. The molecule has 2 nitrogen and oxygen atoms in total. The zero-order chi connectivity index (χ0) is 20.2. The van der Waals surface area contributed by atoms with Gasteiger partial charge in [-0.3, -0.25) is 0 Å². The van der Waals surface area contributed by atoms with E-state index in [9.17, 15) is 0 Å². The zero-order valence-electron chi connectivity index (χ0n) is 17.4. The van der Waals surface area contributed by atoms with Gasteiger partial charge in [0.05, 0.1) is 5.57 Å². The summed E-state index contributed by atoms with van der Waals surface area (Å²) in [6, 6.07) is 28.2.